The van der Waals surface area contributed by atoms with Crippen molar-refractivity contribution in [3.05, 3.63) is 47.5 Å². The molecule has 1 aliphatic rings. The fourth-order valence-electron chi connectivity index (χ4n) is 2.80. The molecule has 0 saturated carbocycles. The maximum atomic E-state index is 12.2. The fraction of sp³-hybridized carbons (Fsp3) is 0.0714. The highest BCUT2D eigenvalue weighted by atomic mass is 32.3. The maximum absolute atomic E-state index is 12.2. The first-order valence-corrected chi connectivity index (χ1v) is 9.30. The first-order chi connectivity index (χ1) is 11.0. The van der Waals surface area contributed by atoms with Gasteiger partial charge in [-0.05, 0) is 46.7 Å². The number of benzene rings is 2. The van der Waals surface area contributed by atoms with E-state index >= 15 is 0 Å². The van der Waals surface area contributed by atoms with Gasteiger partial charge in [-0.15, -0.1) is 0 Å². The second-order valence-electron chi connectivity index (χ2n) is 5.24. The number of hydrogen-bond donors (Lipinski definition) is 3. The van der Waals surface area contributed by atoms with Crippen molar-refractivity contribution in [1.82, 2.24) is 0 Å². The molecule has 10 heteroatoms. The van der Waals surface area contributed by atoms with Gasteiger partial charge in [0.2, 0.25) is 5.78 Å². The van der Waals surface area contributed by atoms with Crippen LogP contribution in [0.25, 0.3) is 16.8 Å². The van der Waals surface area contributed by atoms with Crippen LogP contribution in [0.5, 0.6) is 5.75 Å². The van der Waals surface area contributed by atoms with E-state index in [0.717, 1.165) is 6.07 Å². The Hall–Kier alpha value is -2.27. The van der Waals surface area contributed by atoms with Gasteiger partial charge in [-0.25, -0.2) is 0 Å². The Morgan fingerprint density at radius 1 is 0.833 bits per heavy atom. The van der Waals surface area contributed by atoms with E-state index in [-0.39, 0.29) is 16.7 Å². The van der Waals surface area contributed by atoms with Crippen LogP contribution in [-0.4, -0.2) is 36.8 Å². The monoisotopic (exact) mass is 370 g/mol. The van der Waals surface area contributed by atoms with E-state index in [9.17, 15) is 35.8 Å². The fourth-order valence-corrected chi connectivity index (χ4v) is 5.42. The molecule has 0 bridgehead atoms. The van der Waals surface area contributed by atoms with E-state index in [1.165, 1.54) is 30.3 Å². The minimum Gasteiger partial charge on any atom is -0.508 e. The molecule has 3 rings (SSSR count). The number of phenols is 1. The molecule has 0 unspecified atom stereocenters. The van der Waals surface area contributed by atoms with Gasteiger partial charge >= 0.3 is 4.08 Å². The Kier molecular flexibility index (Phi) is 3.36. The topological polar surface area (TPSA) is 146 Å². The van der Waals surface area contributed by atoms with Gasteiger partial charge in [0.05, 0.1) is 0 Å². The van der Waals surface area contributed by atoms with E-state index in [4.69, 9.17) is 0 Å². The molecular weight excluding hydrogens is 360 g/mol. The normalized spacial score (nSPS) is 17.0. The third-order valence-corrected chi connectivity index (χ3v) is 7.37. The lowest BCUT2D eigenvalue weighted by Crippen LogP contribution is -2.50. The van der Waals surface area contributed by atoms with Crippen molar-refractivity contribution in [3.63, 3.8) is 0 Å². The zero-order valence-corrected chi connectivity index (χ0v) is 13.4. The Bertz CT molecular complexity index is 1090. The van der Waals surface area contributed by atoms with Crippen molar-refractivity contribution >= 4 is 42.9 Å². The van der Waals surface area contributed by atoms with Crippen LogP contribution in [0.4, 0.5) is 0 Å². The molecule has 126 valence electrons. The summed E-state index contributed by atoms with van der Waals surface area (Å²) in [6, 6.07) is 6.48. The average Bonchev–Trinajstić information content (AvgIpc) is 2.42. The Morgan fingerprint density at radius 2 is 1.46 bits per heavy atom. The summed E-state index contributed by atoms with van der Waals surface area (Å²) < 4.78 is 62.8. The Morgan fingerprint density at radius 3 is 2.04 bits per heavy atom. The molecule has 1 aliphatic carbocycles. The van der Waals surface area contributed by atoms with Gasteiger partial charge in [0.15, 0.2) is 0 Å². The molecule has 0 heterocycles. The van der Waals surface area contributed by atoms with Gasteiger partial charge in [-0.2, -0.15) is 16.8 Å². The van der Waals surface area contributed by atoms with E-state index in [1.54, 1.807) is 0 Å². The van der Waals surface area contributed by atoms with Gasteiger partial charge in [0.1, 0.15) is 5.75 Å². The molecule has 0 fully saturated rings. The summed E-state index contributed by atoms with van der Waals surface area (Å²) >= 11 is 0. The van der Waals surface area contributed by atoms with Gasteiger partial charge in [-0.3, -0.25) is 13.9 Å². The number of ketones is 1. The van der Waals surface area contributed by atoms with Gasteiger partial charge in [0, 0.05) is 5.56 Å². The minimum absolute atomic E-state index is 0.0167. The smallest absolute Gasteiger partial charge is 0.308 e. The molecule has 24 heavy (non-hydrogen) atoms. The number of carbonyl (C=O) groups is 1. The molecular formula is C14H10O8S2. The van der Waals surface area contributed by atoms with Crippen LogP contribution in [-0.2, 0) is 29.1 Å². The van der Waals surface area contributed by atoms with Gasteiger partial charge in [-0.1, -0.05) is 12.1 Å². The summed E-state index contributed by atoms with van der Waals surface area (Å²) in [5.41, 5.74) is -0.596. The van der Waals surface area contributed by atoms with Crippen LogP contribution in [0, 0.1) is 0 Å². The van der Waals surface area contributed by atoms with Crippen LogP contribution in [0.1, 0.15) is 11.1 Å². The van der Waals surface area contributed by atoms with Crippen molar-refractivity contribution in [3.8, 4) is 5.75 Å². The second kappa shape index (κ2) is 4.86. The highest BCUT2D eigenvalue weighted by Crippen LogP contribution is 2.43. The SMILES string of the molecule is O=C1C=Cc2cc3ccc(O)cc3cc2C1(S(=O)(=O)O)S(=O)(=O)O. The molecule has 2 aromatic carbocycles. The molecule has 0 aliphatic heterocycles. The molecule has 0 saturated heterocycles. The number of hydrogen-bond acceptors (Lipinski definition) is 6. The summed E-state index contributed by atoms with van der Waals surface area (Å²) in [5.74, 6) is -1.69. The molecule has 0 aromatic heterocycles. The van der Waals surface area contributed by atoms with Crippen molar-refractivity contribution in [2.45, 2.75) is 4.08 Å². The number of rotatable bonds is 2. The summed E-state index contributed by atoms with van der Waals surface area (Å²) in [6.07, 6.45) is 1.84. The molecule has 0 spiro atoms. The summed E-state index contributed by atoms with van der Waals surface area (Å²) in [6.45, 7) is 0. The highest BCUT2D eigenvalue weighted by molar-refractivity contribution is 8.05. The summed E-state index contributed by atoms with van der Waals surface area (Å²) in [7, 11) is -11.2. The van der Waals surface area contributed by atoms with Gasteiger partial charge in [0.25, 0.3) is 20.2 Å². The van der Waals surface area contributed by atoms with Crippen molar-refractivity contribution in [2.24, 2.45) is 0 Å². The third kappa shape index (κ3) is 2.08. The minimum atomic E-state index is -5.59. The largest absolute Gasteiger partial charge is 0.508 e. The first-order valence-electron chi connectivity index (χ1n) is 6.42. The molecule has 3 N–H and O–H groups in total. The predicted octanol–water partition coefficient (Wildman–Crippen LogP) is 1.07. The van der Waals surface area contributed by atoms with Gasteiger partial charge < -0.3 is 5.11 Å². The lowest BCUT2D eigenvalue weighted by atomic mass is 9.92. The number of phenolic OH excluding ortho intramolecular Hbond substituents is 1. The number of aromatic hydroxyl groups is 1. The summed E-state index contributed by atoms with van der Waals surface area (Å²) in [5, 5.41) is 10.3. The zero-order valence-electron chi connectivity index (χ0n) is 11.7. The van der Waals surface area contributed by atoms with Crippen LogP contribution >= 0.6 is 0 Å². The Labute approximate surface area is 136 Å². The van der Waals surface area contributed by atoms with Crippen LogP contribution in [0.15, 0.2) is 36.4 Å². The van der Waals surface area contributed by atoms with E-state index in [2.05, 4.69) is 0 Å². The molecule has 0 amide bonds. The van der Waals surface area contributed by atoms with Crippen LogP contribution in [0.2, 0.25) is 0 Å². The average molecular weight is 370 g/mol. The van der Waals surface area contributed by atoms with Crippen molar-refractivity contribution < 1.29 is 35.8 Å². The zero-order chi connectivity index (χ0) is 17.9. The third-order valence-electron chi connectivity index (χ3n) is 3.81. The van der Waals surface area contributed by atoms with Crippen molar-refractivity contribution in [1.29, 1.82) is 0 Å². The lowest BCUT2D eigenvalue weighted by molar-refractivity contribution is -0.115. The molecule has 0 radical (unpaired) electrons. The lowest BCUT2D eigenvalue weighted by Gasteiger charge is -2.29. The quantitative estimate of drug-likeness (QED) is 0.665. The maximum Gasteiger partial charge on any atom is 0.308 e. The molecule has 2 aromatic rings. The van der Waals surface area contributed by atoms with E-state index in [0.29, 0.717) is 11.5 Å². The number of allylic oxidation sites excluding steroid dienone is 1. The van der Waals surface area contributed by atoms with Crippen LogP contribution in [0.3, 0.4) is 0 Å². The standard InChI is InChI=1S/C14H10O8S2/c15-11-3-1-8-5-9-2-4-13(16)14(23(17,18)19,24(20,21)22)12(9)7-10(8)6-11/h1-7,15H,(H,17,18,19)(H,20,21,22). The van der Waals surface area contributed by atoms with Crippen molar-refractivity contribution in [2.75, 3.05) is 0 Å². The molecule has 0 atom stereocenters. The van der Waals surface area contributed by atoms with Crippen LogP contribution < -0.4 is 0 Å². The highest BCUT2D eigenvalue weighted by Gasteiger charge is 2.63. The second-order valence-corrected chi connectivity index (χ2v) is 8.62. The van der Waals surface area contributed by atoms with E-state index in [1.807, 2.05) is 0 Å². The first kappa shape index (κ1) is 16.6. The predicted molar refractivity (Wildman–Crippen MR) is 84.4 cm³/mol. The Balaban J connectivity index is 2.56. The van der Waals surface area contributed by atoms with E-state index < -0.39 is 35.7 Å². The molecule has 8 nitrogen and oxygen atoms in total. The number of carbonyl (C=O) groups excluding carboxylic acids is 1. The summed E-state index contributed by atoms with van der Waals surface area (Å²) in [4.78, 5) is 12.2. The number of fused-ring (bicyclic) bond motifs is 2.